The van der Waals surface area contributed by atoms with Crippen LogP contribution in [-0.2, 0) is 0 Å². The molecule has 0 radical (unpaired) electrons. The average Bonchev–Trinajstić information content (AvgIpc) is 2.67. The fraction of sp³-hybridized carbons (Fsp3) is 0.300. The van der Waals surface area contributed by atoms with Crippen LogP contribution in [0.15, 0.2) is 48.5 Å². The smallest absolute Gasteiger partial charge is 0.305 e. The van der Waals surface area contributed by atoms with Crippen LogP contribution >= 0.6 is 11.6 Å². The molecule has 1 N–H and O–H groups in total. The second-order valence-corrected chi connectivity index (χ2v) is 7.00. The molecule has 2 aromatic carbocycles. The second kappa shape index (κ2) is 8.61. The molecule has 0 saturated carbocycles. The predicted molar refractivity (Wildman–Crippen MR) is 103 cm³/mol. The molecule has 5 nitrogen and oxygen atoms in total. The SMILES string of the molecule is O=[N+]([O-])c1cc(C(O)CCN2CC=C(c3ccc(Cl)cc3)CC2)ccc1F. The van der Waals surface area contributed by atoms with Crippen LogP contribution in [0.3, 0.4) is 0 Å². The maximum Gasteiger partial charge on any atom is 0.305 e. The van der Waals surface area contributed by atoms with E-state index in [0.717, 1.165) is 37.2 Å². The number of nitrogens with zero attached hydrogens (tertiary/aromatic N) is 2. The monoisotopic (exact) mass is 390 g/mol. The van der Waals surface area contributed by atoms with Gasteiger partial charge in [0.1, 0.15) is 0 Å². The van der Waals surface area contributed by atoms with Crippen LogP contribution < -0.4 is 0 Å². The molecule has 7 heteroatoms. The van der Waals surface area contributed by atoms with Gasteiger partial charge in [0.2, 0.25) is 5.82 Å². The first-order valence-corrected chi connectivity index (χ1v) is 9.11. The Morgan fingerprint density at radius 2 is 2.00 bits per heavy atom. The lowest BCUT2D eigenvalue weighted by Crippen LogP contribution is -2.30. The minimum Gasteiger partial charge on any atom is -0.388 e. The number of hydrogen-bond donors (Lipinski definition) is 1. The Morgan fingerprint density at radius 3 is 2.63 bits per heavy atom. The molecule has 0 fully saturated rings. The van der Waals surface area contributed by atoms with Crippen LogP contribution in [0, 0.1) is 15.9 Å². The van der Waals surface area contributed by atoms with E-state index in [2.05, 4.69) is 11.0 Å². The van der Waals surface area contributed by atoms with Gasteiger partial charge in [-0.25, -0.2) is 0 Å². The summed E-state index contributed by atoms with van der Waals surface area (Å²) >= 11 is 5.92. The number of aliphatic hydroxyl groups excluding tert-OH is 1. The zero-order chi connectivity index (χ0) is 19.4. The lowest BCUT2D eigenvalue weighted by molar-refractivity contribution is -0.387. The standard InChI is InChI=1S/C20H20ClFN2O3/c21-17-4-1-14(2-5-17)15-7-10-23(11-8-15)12-9-20(25)16-3-6-18(22)19(13-16)24(26)27/h1-7,13,20,25H,8-12H2. The number of nitro groups is 1. The highest BCUT2D eigenvalue weighted by atomic mass is 35.5. The van der Waals surface area contributed by atoms with E-state index in [0.29, 0.717) is 23.6 Å². The van der Waals surface area contributed by atoms with Gasteiger partial charge in [-0.2, -0.15) is 4.39 Å². The molecule has 0 aliphatic carbocycles. The van der Waals surface area contributed by atoms with Gasteiger partial charge in [0.25, 0.3) is 0 Å². The van der Waals surface area contributed by atoms with E-state index in [1.165, 1.54) is 11.6 Å². The maximum absolute atomic E-state index is 13.4. The second-order valence-electron chi connectivity index (χ2n) is 6.56. The summed E-state index contributed by atoms with van der Waals surface area (Å²) in [5.41, 5.74) is 2.19. The van der Waals surface area contributed by atoms with Crippen molar-refractivity contribution in [2.75, 3.05) is 19.6 Å². The van der Waals surface area contributed by atoms with Crippen LogP contribution in [0.1, 0.15) is 30.1 Å². The Morgan fingerprint density at radius 1 is 1.26 bits per heavy atom. The first kappa shape index (κ1) is 19.5. The Labute approximate surface area is 161 Å². The summed E-state index contributed by atoms with van der Waals surface area (Å²) in [4.78, 5) is 12.3. The van der Waals surface area contributed by atoms with E-state index in [1.54, 1.807) is 0 Å². The first-order valence-electron chi connectivity index (χ1n) is 8.73. The van der Waals surface area contributed by atoms with E-state index in [1.807, 2.05) is 24.3 Å². The molecule has 0 amide bonds. The van der Waals surface area contributed by atoms with Crippen LogP contribution in [0.4, 0.5) is 10.1 Å². The van der Waals surface area contributed by atoms with Crippen molar-refractivity contribution >= 4 is 22.9 Å². The number of aliphatic hydroxyl groups is 1. The maximum atomic E-state index is 13.4. The largest absolute Gasteiger partial charge is 0.388 e. The average molecular weight is 391 g/mol. The number of halogens is 2. The molecule has 27 heavy (non-hydrogen) atoms. The third-order valence-corrected chi connectivity index (χ3v) is 5.03. The molecule has 3 rings (SSSR count). The number of hydrogen-bond acceptors (Lipinski definition) is 4. The quantitative estimate of drug-likeness (QED) is 0.578. The predicted octanol–water partition coefficient (Wildman–Crippen LogP) is 4.60. The molecular formula is C20H20ClFN2O3. The number of benzene rings is 2. The Hall–Kier alpha value is -2.28. The molecule has 1 heterocycles. The molecule has 1 atom stereocenters. The minimum absolute atomic E-state index is 0.359. The van der Waals surface area contributed by atoms with E-state index < -0.39 is 22.5 Å². The summed E-state index contributed by atoms with van der Waals surface area (Å²) in [6.07, 6.45) is 2.63. The zero-order valence-corrected chi connectivity index (χ0v) is 15.4. The number of rotatable bonds is 6. The van der Waals surface area contributed by atoms with Crippen molar-refractivity contribution in [3.63, 3.8) is 0 Å². The van der Waals surface area contributed by atoms with Crippen LogP contribution in [-0.4, -0.2) is 34.6 Å². The molecule has 1 aliphatic heterocycles. The van der Waals surface area contributed by atoms with Crippen molar-refractivity contribution in [3.8, 4) is 0 Å². The number of nitro benzene ring substituents is 1. The van der Waals surface area contributed by atoms with E-state index in [9.17, 15) is 19.6 Å². The first-order chi connectivity index (χ1) is 12.9. The highest BCUT2D eigenvalue weighted by Crippen LogP contribution is 2.26. The molecule has 0 aromatic heterocycles. The third kappa shape index (κ3) is 4.91. The summed E-state index contributed by atoms with van der Waals surface area (Å²) < 4.78 is 13.4. The van der Waals surface area contributed by atoms with E-state index in [4.69, 9.17) is 11.6 Å². The topological polar surface area (TPSA) is 66.6 Å². The van der Waals surface area contributed by atoms with Crippen LogP contribution in [0.25, 0.3) is 5.57 Å². The van der Waals surface area contributed by atoms with Gasteiger partial charge in [-0.3, -0.25) is 15.0 Å². The van der Waals surface area contributed by atoms with Gasteiger partial charge in [-0.15, -0.1) is 0 Å². The summed E-state index contributed by atoms with van der Waals surface area (Å²) in [6.45, 7) is 2.29. The van der Waals surface area contributed by atoms with Gasteiger partial charge in [0.05, 0.1) is 11.0 Å². The van der Waals surface area contributed by atoms with Gasteiger partial charge in [-0.05, 0) is 47.7 Å². The fourth-order valence-corrected chi connectivity index (χ4v) is 3.31. The van der Waals surface area contributed by atoms with Gasteiger partial charge < -0.3 is 5.11 Å². The minimum atomic E-state index is -0.896. The highest BCUT2D eigenvalue weighted by Gasteiger charge is 2.19. The third-order valence-electron chi connectivity index (χ3n) is 4.78. The lowest BCUT2D eigenvalue weighted by atomic mass is 9.99. The van der Waals surface area contributed by atoms with Crippen molar-refractivity contribution in [2.45, 2.75) is 18.9 Å². The summed E-state index contributed by atoms with van der Waals surface area (Å²) in [6, 6.07) is 11.3. The molecule has 0 bridgehead atoms. The molecule has 0 spiro atoms. The molecule has 2 aromatic rings. The normalized spacial score (nSPS) is 16.0. The van der Waals surface area contributed by atoms with Crippen molar-refractivity contribution < 1.29 is 14.4 Å². The molecular weight excluding hydrogens is 371 g/mol. The fourth-order valence-electron chi connectivity index (χ4n) is 3.19. The van der Waals surface area contributed by atoms with Gasteiger partial charge >= 0.3 is 5.69 Å². The van der Waals surface area contributed by atoms with Crippen molar-refractivity contribution in [1.82, 2.24) is 4.90 Å². The summed E-state index contributed by atoms with van der Waals surface area (Å²) in [5.74, 6) is -0.896. The Balaban J connectivity index is 1.56. The highest BCUT2D eigenvalue weighted by molar-refractivity contribution is 6.30. The molecule has 1 aliphatic rings. The van der Waals surface area contributed by atoms with Crippen molar-refractivity contribution in [2.24, 2.45) is 0 Å². The Bertz CT molecular complexity index is 855. The summed E-state index contributed by atoms with van der Waals surface area (Å²) in [5, 5.41) is 21.8. The van der Waals surface area contributed by atoms with E-state index in [-0.39, 0.29) is 0 Å². The van der Waals surface area contributed by atoms with Crippen molar-refractivity contribution in [1.29, 1.82) is 0 Å². The van der Waals surface area contributed by atoms with Gasteiger partial charge in [-0.1, -0.05) is 35.9 Å². The van der Waals surface area contributed by atoms with Crippen molar-refractivity contribution in [3.05, 3.63) is 80.6 Å². The molecule has 142 valence electrons. The summed E-state index contributed by atoms with van der Waals surface area (Å²) in [7, 11) is 0. The Kier molecular flexibility index (Phi) is 6.21. The van der Waals surface area contributed by atoms with Crippen LogP contribution in [0.2, 0.25) is 5.02 Å². The van der Waals surface area contributed by atoms with Crippen LogP contribution in [0.5, 0.6) is 0 Å². The van der Waals surface area contributed by atoms with Gasteiger partial charge in [0.15, 0.2) is 0 Å². The molecule has 0 saturated heterocycles. The zero-order valence-electron chi connectivity index (χ0n) is 14.6. The lowest BCUT2D eigenvalue weighted by Gasteiger charge is -2.27. The van der Waals surface area contributed by atoms with E-state index >= 15 is 0 Å². The molecule has 1 unspecified atom stereocenters. The van der Waals surface area contributed by atoms with Gasteiger partial charge in [0, 0.05) is 30.7 Å².